The Bertz CT molecular complexity index is 1230. The lowest BCUT2D eigenvalue weighted by atomic mass is 9.96. The molecular weight excluding hydrogens is 444 g/mol. The van der Waals surface area contributed by atoms with E-state index in [4.69, 9.17) is 9.84 Å². The monoisotopic (exact) mass is 470 g/mol. The fraction of sp³-hybridized carbons (Fsp3) is 0.250. The van der Waals surface area contributed by atoms with E-state index in [1.54, 1.807) is 0 Å². The quantitative estimate of drug-likeness (QED) is 0.461. The van der Waals surface area contributed by atoms with Gasteiger partial charge in [-0.05, 0) is 59.4 Å². The first kappa shape index (κ1) is 22.7. The molecule has 2 amide bonds. The lowest BCUT2D eigenvalue weighted by Gasteiger charge is -2.29. The Labute approximate surface area is 203 Å². The highest BCUT2D eigenvalue weighted by Gasteiger charge is 2.43. The van der Waals surface area contributed by atoms with Crippen LogP contribution in [0.25, 0.3) is 11.1 Å². The van der Waals surface area contributed by atoms with Crippen LogP contribution in [0.4, 0.5) is 10.5 Å². The summed E-state index contributed by atoms with van der Waals surface area (Å²) in [4.78, 5) is 37.1. The predicted molar refractivity (Wildman–Crippen MR) is 131 cm³/mol. The molecular formula is C28H26N2O5. The minimum absolute atomic E-state index is 0.0609. The van der Waals surface area contributed by atoms with Crippen LogP contribution in [0.15, 0.2) is 72.8 Å². The Morgan fingerprint density at radius 3 is 2.00 bits per heavy atom. The Balaban J connectivity index is 1.26. The Morgan fingerprint density at radius 1 is 0.857 bits per heavy atom. The zero-order valence-electron chi connectivity index (χ0n) is 19.1. The maximum Gasteiger partial charge on any atom is 0.408 e. The maximum atomic E-state index is 13.2. The Kier molecular flexibility index (Phi) is 5.99. The van der Waals surface area contributed by atoms with Crippen LogP contribution in [0.3, 0.4) is 0 Å². The lowest BCUT2D eigenvalue weighted by Crippen LogP contribution is -2.55. The summed E-state index contributed by atoms with van der Waals surface area (Å²) in [5, 5.41) is 14.7. The van der Waals surface area contributed by atoms with Crippen molar-refractivity contribution in [1.29, 1.82) is 0 Å². The molecule has 3 aromatic carbocycles. The standard InChI is InChI=1S/C28H26N2O5/c31-25(32)18-11-13-19(14-12-18)29-26(33)28(15-5-6-16-28)30-27(34)35-17-24-22-9-3-1-7-20(22)21-8-2-4-10-23(21)24/h1-4,7-14,24H,5-6,15-17H2,(H,29,33)(H,30,34)(H,31,32). The van der Waals surface area contributed by atoms with Crippen molar-refractivity contribution in [1.82, 2.24) is 5.32 Å². The average Bonchev–Trinajstić information content (AvgIpc) is 3.47. The summed E-state index contributed by atoms with van der Waals surface area (Å²) in [6.07, 6.45) is 2.03. The van der Waals surface area contributed by atoms with E-state index in [-0.39, 0.29) is 24.0 Å². The number of carbonyl (C=O) groups excluding carboxylic acids is 2. The van der Waals surface area contributed by atoms with E-state index >= 15 is 0 Å². The molecule has 0 unspecified atom stereocenters. The van der Waals surface area contributed by atoms with Gasteiger partial charge in [-0.2, -0.15) is 0 Å². The molecule has 7 nitrogen and oxygen atoms in total. The molecule has 35 heavy (non-hydrogen) atoms. The molecule has 2 aliphatic carbocycles. The van der Waals surface area contributed by atoms with Crippen molar-refractivity contribution >= 4 is 23.7 Å². The van der Waals surface area contributed by atoms with Crippen LogP contribution < -0.4 is 10.6 Å². The number of fused-ring (bicyclic) bond motifs is 3. The molecule has 0 spiro atoms. The minimum atomic E-state index is -1.06. The van der Waals surface area contributed by atoms with Crippen LogP contribution in [-0.2, 0) is 9.53 Å². The second kappa shape index (κ2) is 9.25. The molecule has 0 aliphatic heterocycles. The van der Waals surface area contributed by atoms with E-state index in [1.807, 2.05) is 24.3 Å². The first-order valence-corrected chi connectivity index (χ1v) is 11.7. The molecule has 3 aromatic rings. The summed E-state index contributed by atoms with van der Waals surface area (Å²) in [5.41, 5.74) is 4.10. The molecule has 0 bridgehead atoms. The van der Waals surface area contributed by atoms with Crippen LogP contribution >= 0.6 is 0 Å². The number of nitrogens with one attached hydrogen (secondary N) is 2. The van der Waals surface area contributed by atoms with Gasteiger partial charge in [-0.3, -0.25) is 4.79 Å². The number of carboxylic acid groups (broad SMARTS) is 1. The van der Waals surface area contributed by atoms with Crippen molar-refractivity contribution in [2.24, 2.45) is 0 Å². The third-order valence-corrected chi connectivity index (χ3v) is 6.97. The largest absolute Gasteiger partial charge is 0.478 e. The van der Waals surface area contributed by atoms with Gasteiger partial charge in [0.05, 0.1) is 5.56 Å². The van der Waals surface area contributed by atoms with Crippen molar-refractivity contribution in [3.63, 3.8) is 0 Å². The van der Waals surface area contributed by atoms with E-state index in [1.165, 1.54) is 24.3 Å². The molecule has 5 rings (SSSR count). The zero-order valence-corrected chi connectivity index (χ0v) is 19.1. The number of alkyl carbamates (subject to hydrolysis) is 1. The number of ether oxygens (including phenoxy) is 1. The smallest absolute Gasteiger partial charge is 0.408 e. The van der Waals surface area contributed by atoms with Gasteiger partial charge in [0.15, 0.2) is 0 Å². The van der Waals surface area contributed by atoms with Gasteiger partial charge in [0.25, 0.3) is 0 Å². The molecule has 0 heterocycles. The van der Waals surface area contributed by atoms with Gasteiger partial charge in [0.1, 0.15) is 12.1 Å². The highest BCUT2D eigenvalue weighted by molar-refractivity contribution is 6.00. The van der Waals surface area contributed by atoms with Crippen molar-refractivity contribution < 1.29 is 24.2 Å². The molecule has 0 saturated heterocycles. The number of carbonyl (C=O) groups is 3. The molecule has 0 aromatic heterocycles. The summed E-state index contributed by atoms with van der Waals surface area (Å²) in [6, 6.07) is 22.2. The van der Waals surface area contributed by atoms with Crippen LogP contribution in [0.2, 0.25) is 0 Å². The lowest BCUT2D eigenvalue weighted by molar-refractivity contribution is -0.122. The van der Waals surface area contributed by atoms with E-state index in [0.717, 1.165) is 35.1 Å². The second-order valence-electron chi connectivity index (χ2n) is 9.08. The topological polar surface area (TPSA) is 105 Å². The fourth-order valence-corrected chi connectivity index (χ4v) is 5.16. The fourth-order valence-electron chi connectivity index (χ4n) is 5.16. The van der Waals surface area contributed by atoms with E-state index < -0.39 is 17.6 Å². The maximum absolute atomic E-state index is 13.2. The number of hydrogen-bond donors (Lipinski definition) is 3. The predicted octanol–water partition coefficient (Wildman–Crippen LogP) is 5.17. The first-order valence-electron chi connectivity index (χ1n) is 11.7. The zero-order chi connectivity index (χ0) is 24.4. The van der Waals surface area contributed by atoms with Gasteiger partial charge in [-0.1, -0.05) is 61.4 Å². The van der Waals surface area contributed by atoms with Crippen molar-refractivity contribution in [3.8, 4) is 11.1 Å². The highest BCUT2D eigenvalue weighted by Crippen LogP contribution is 2.44. The van der Waals surface area contributed by atoms with Gasteiger partial charge >= 0.3 is 12.1 Å². The first-order chi connectivity index (χ1) is 17.0. The Hall–Kier alpha value is -4.13. The van der Waals surface area contributed by atoms with Gasteiger partial charge in [-0.15, -0.1) is 0 Å². The third kappa shape index (κ3) is 4.37. The average molecular weight is 471 g/mol. The molecule has 1 saturated carbocycles. The molecule has 0 atom stereocenters. The van der Waals surface area contributed by atoms with Crippen LogP contribution in [0.5, 0.6) is 0 Å². The Morgan fingerprint density at radius 2 is 1.43 bits per heavy atom. The number of carboxylic acids is 1. The van der Waals surface area contributed by atoms with Crippen LogP contribution in [0, 0.1) is 0 Å². The second-order valence-corrected chi connectivity index (χ2v) is 9.08. The number of hydrogen-bond acceptors (Lipinski definition) is 4. The molecule has 0 radical (unpaired) electrons. The number of amides is 2. The minimum Gasteiger partial charge on any atom is -0.478 e. The van der Waals surface area contributed by atoms with Gasteiger partial charge in [0, 0.05) is 11.6 Å². The van der Waals surface area contributed by atoms with E-state index in [0.29, 0.717) is 18.5 Å². The van der Waals surface area contributed by atoms with Crippen molar-refractivity contribution in [2.75, 3.05) is 11.9 Å². The highest BCUT2D eigenvalue weighted by atomic mass is 16.5. The van der Waals surface area contributed by atoms with Crippen molar-refractivity contribution in [2.45, 2.75) is 37.1 Å². The number of aromatic carboxylic acids is 1. The van der Waals surface area contributed by atoms with E-state index in [2.05, 4.69) is 34.9 Å². The molecule has 7 heteroatoms. The third-order valence-electron chi connectivity index (χ3n) is 6.97. The molecule has 2 aliphatic rings. The van der Waals surface area contributed by atoms with Crippen LogP contribution in [-0.4, -0.2) is 35.2 Å². The summed E-state index contributed by atoms with van der Waals surface area (Å²) >= 11 is 0. The van der Waals surface area contributed by atoms with Crippen molar-refractivity contribution in [3.05, 3.63) is 89.5 Å². The normalized spacial score (nSPS) is 15.7. The number of rotatable bonds is 6. The van der Waals surface area contributed by atoms with Crippen LogP contribution in [0.1, 0.15) is 53.1 Å². The van der Waals surface area contributed by atoms with Gasteiger partial charge in [0.2, 0.25) is 5.91 Å². The molecule has 1 fully saturated rings. The SMILES string of the molecule is O=C(NC1(C(=O)Nc2ccc(C(=O)O)cc2)CCCC1)OCC1c2ccccc2-c2ccccc21. The summed E-state index contributed by atoms with van der Waals surface area (Å²) < 4.78 is 5.67. The summed E-state index contributed by atoms with van der Waals surface area (Å²) in [5.74, 6) is -1.42. The summed E-state index contributed by atoms with van der Waals surface area (Å²) in [7, 11) is 0. The van der Waals surface area contributed by atoms with E-state index in [9.17, 15) is 14.4 Å². The molecule has 178 valence electrons. The number of benzene rings is 3. The number of anilines is 1. The van der Waals surface area contributed by atoms with Gasteiger partial charge < -0.3 is 20.5 Å². The summed E-state index contributed by atoms with van der Waals surface area (Å²) in [6.45, 7) is 0.175. The molecule has 3 N–H and O–H groups in total. The van der Waals surface area contributed by atoms with Gasteiger partial charge in [-0.25, -0.2) is 9.59 Å².